The van der Waals surface area contributed by atoms with Crippen molar-refractivity contribution in [1.82, 2.24) is 9.80 Å². The highest BCUT2D eigenvalue weighted by Crippen LogP contribution is 2.22. The van der Waals surface area contributed by atoms with Crippen LogP contribution in [0, 0.1) is 0 Å². The Bertz CT molecular complexity index is 751. The number of fused-ring (bicyclic) bond motifs is 1. The van der Waals surface area contributed by atoms with Crippen molar-refractivity contribution < 1.29 is 14.4 Å². The van der Waals surface area contributed by atoms with Gasteiger partial charge < -0.3 is 4.90 Å². The van der Waals surface area contributed by atoms with E-state index in [2.05, 4.69) is 0 Å². The number of hydrogen-bond donors (Lipinski definition) is 0. The Morgan fingerprint density at radius 2 is 1.46 bits per heavy atom. The van der Waals surface area contributed by atoms with Crippen molar-refractivity contribution in [1.29, 1.82) is 0 Å². The molecule has 3 amide bonds. The van der Waals surface area contributed by atoms with E-state index in [4.69, 9.17) is 0 Å². The molecule has 5 nitrogen and oxygen atoms in total. The number of hydrogen-bond acceptors (Lipinski definition) is 3. The lowest BCUT2D eigenvalue weighted by Gasteiger charge is -2.23. The summed E-state index contributed by atoms with van der Waals surface area (Å²) in [5.74, 6) is -0.688. The third-order valence-electron chi connectivity index (χ3n) is 4.16. The Kier molecular flexibility index (Phi) is 4.42. The molecule has 0 aliphatic carbocycles. The predicted octanol–water partition coefficient (Wildman–Crippen LogP) is 2.44. The van der Waals surface area contributed by atoms with Gasteiger partial charge in [-0.15, -0.1) is 0 Å². The number of imide groups is 1. The number of likely N-dealkylation sites (N-methyl/N-ethyl adjacent to an activating group) is 1. The summed E-state index contributed by atoms with van der Waals surface area (Å²) in [6.45, 7) is 2.90. The van der Waals surface area contributed by atoms with Crippen LogP contribution in [-0.4, -0.2) is 47.2 Å². The number of rotatable bonds is 5. The van der Waals surface area contributed by atoms with Gasteiger partial charge in [-0.1, -0.05) is 30.3 Å². The fraction of sp³-hybridized carbons (Fsp3) is 0.211. The second-order valence-corrected chi connectivity index (χ2v) is 5.56. The van der Waals surface area contributed by atoms with E-state index in [9.17, 15) is 14.4 Å². The second-order valence-electron chi connectivity index (χ2n) is 5.56. The lowest BCUT2D eigenvalue weighted by molar-refractivity contribution is 0.0602. The molecule has 1 heterocycles. The van der Waals surface area contributed by atoms with Crippen LogP contribution in [0.4, 0.5) is 0 Å². The summed E-state index contributed by atoms with van der Waals surface area (Å²) in [5, 5.41) is 0. The van der Waals surface area contributed by atoms with Crippen molar-refractivity contribution in [3.63, 3.8) is 0 Å². The van der Waals surface area contributed by atoms with E-state index in [0.29, 0.717) is 29.8 Å². The molecule has 0 saturated carbocycles. The number of nitrogens with zero attached hydrogens (tertiary/aromatic N) is 2. The quantitative estimate of drug-likeness (QED) is 0.795. The summed E-state index contributed by atoms with van der Waals surface area (Å²) in [6.07, 6.45) is 0. The average Bonchev–Trinajstić information content (AvgIpc) is 2.88. The van der Waals surface area contributed by atoms with Crippen molar-refractivity contribution in [3.8, 4) is 0 Å². The standard InChI is InChI=1S/C19H18N2O3/c1-2-20(17(22)14-8-4-3-5-9-14)12-13-21-18(23)15-10-6-7-11-16(15)19(21)24/h3-11H,2,12-13H2,1H3. The highest BCUT2D eigenvalue weighted by atomic mass is 16.2. The van der Waals surface area contributed by atoms with Gasteiger partial charge in [0, 0.05) is 25.2 Å². The van der Waals surface area contributed by atoms with Gasteiger partial charge in [-0.25, -0.2) is 0 Å². The van der Waals surface area contributed by atoms with Crippen LogP contribution in [0.25, 0.3) is 0 Å². The predicted molar refractivity (Wildman–Crippen MR) is 89.8 cm³/mol. The molecule has 1 aliphatic heterocycles. The Labute approximate surface area is 140 Å². The van der Waals surface area contributed by atoms with E-state index in [-0.39, 0.29) is 24.3 Å². The SMILES string of the molecule is CCN(CCN1C(=O)c2ccccc2C1=O)C(=O)c1ccccc1. The molecule has 0 aromatic heterocycles. The first-order valence-electron chi connectivity index (χ1n) is 7.93. The molecule has 0 unspecified atom stereocenters. The normalized spacial score (nSPS) is 13.1. The zero-order chi connectivity index (χ0) is 17.1. The number of carbonyl (C=O) groups is 3. The smallest absolute Gasteiger partial charge is 0.261 e. The first kappa shape index (κ1) is 15.9. The van der Waals surface area contributed by atoms with Crippen molar-refractivity contribution in [2.45, 2.75) is 6.92 Å². The van der Waals surface area contributed by atoms with Crippen molar-refractivity contribution in [2.75, 3.05) is 19.6 Å². The minimum atomic E-state index is -0.293. The summed E-state index contributed by atoms with van der Waals surface area (Å²) in [6, 6.07) is 15.8. The summed E-state index contributed by atoms with van der Waals surface area (Å²) in [5.41, 5.74) is 1.46. The lowest BCUT2D eigenvalue weighted by atomic mass is 10.1. The number of amides is 3. The van der Waals surface area contributed by atoms with Crippen LogP contribution in [0.1, 0.15) is 38.0 Å². The Hall–Kier alpha value is -2.95. The third kappa shape index (κ3) is 2.80. The molecule has 0 radical (unpaired) electrons. The van der Waals surface area contributed by atoms with Gasteiger partial charge in [-0.2, -0.15) is 0 Å². The van der Waals surface area contributed by atoms with Crippen LogP contribution in [0.5, 0.6) is 0 Å². The summed E-state index contributed by atoms with van der Waals surface area (Å²) < 4.78 is 0. The van der Waals surface area contributed by atoms with Crippen molar-refractivity contribution in [3.05, 3.63) is 71.3 Å². The molecule has 0 spiro atoms. The molecule has 3 rings (SSSR count). The van der Waals surface area contributed by atoms with Gasteiger partial charge in [0.05, 0.1) is 11.1 Å². The molecule has 2 aromatic carbocycles. The molecule has 122 valence electrons. The molecule has 0 fully saturated rings. The Morgan fingerprint density at radius 3 is 2.00 bits per heavy atom. The zero-order valence-corrected chi connectivity index (χ0v) is 13.4. The van der Waals surface area contributed by atoms with Crippen LogP contribution in [0.15, 0.2) is 54.6 Å². The molecule has 0 saturated heterocycles. The van der Waals surface area contributed by atoms with Gasteiger partial charge in [0.1, 0.15) is 0 Å². The van der Waals surface area contributed by atoms with Gasteiger partial charge in [-0.3, -0.25) is 19.3 Å². The van der Waals surface area contributed by atoms with E-state index in [0.717, 1.165) is 0 Å². The number of benzene rings is 2. The van der Waals surface area contributed by atoms with E-state index in [1.165, 1.54) is 4.90 Å². The van der Waals surface area contributed by atoms with E-state index >= 15 is 0 Å². The topological polar surface area (TPSA) is 57.7 Å². The van der Waals surface area contributed by atoms with Crippen molar-refractivity contribution in [2.24, 2.45) is 0 Å². The van der Waals surface area contributed by atoms with E-state index in [1.54, 1.807) is 41.3 Å². The summed E-state index contributed by atoms with van der Waals surface area (Å²) >= 11 is 0. The molecule has 2 aromatic rings. The van der Waals surface area contributed by atoms with Crippen LogP contribution < -0.4 is 0 Å². The summed E-state index contributed by atoms with van der Waals surface area (Å²) in [4.78, 5) is 40.1. The van der Waals surface area contributed by atoms with Crippen LogP contribution in [0.3, 0.4) is 0 Å². The van der Waals surface area contributed by atoms with Gasteiger partial charge in [0.15, 0.2) is 0 Å². The third-order valence-corrected chi connectivity index (χ3v) is 4.16. The van der Waals surface area contributed by atoms with E-state index < -0.39 is 0 Å². The Morgan fingerprint density at radius 1 is 0.917 bits per heavy atom. The maximum absolute atomic E-state index is 12.5. The fourth-order valence-electron chi connectivity index (χ4n) is 2.83. The van der Waals surface area contributed by atoms with Gasteiger partial charge >= 0.3 is 0 Å². The van der Waals surface area contributed by atoms with Crippen LogP contribution >= 0.6 is 0 Å². The highest BCUT2D eigenvalue weighted by Gasteiger charge is 2.35. The monoisotopic (exact) mass is 322 g/mol. The second kappa shape index (κ2) is 6.66. The highest BCUT2D eigenvalue weighted by molar-refractivity contribution is 6.21. The number of carbonyl (C=O) groups excluding carboxylic acids is 3. The van der Waals surface area contributed by atoms with Crippen molar-refractivity contribution >= 4 is 17.7 Å². The molecular formula is C19H18N2O3. The zero-order valence-electron chi connectivity index (χ0n) is 13.4. The minimum absolute atomic E-state index is 0.102. The molecular weight excluding hydrogens is 304 g/mol. The van der Waals surface area contributed by atoms with E-state index in [1.807, 2.05) is 25.1 Å². The first-order valence-corrected chi connectivity index (χ1v) is 7.93. The maximum Gasteiger partial charge on any atom is 0.261 e. The molecule has 0 bridgehead atoms. The largest absolute Gasteiger partial charge is 0.337 e. The van der Waals surface area contributed by atoms with Gasteiger partial charge in [0.25, 0.3) is 17.7 Å². The molecule has 0 N–H and O–H groups in total. The summed E-state index contributed by atoms with van der Waals surface area (Å²) in [7, 11) is 0. The van der Waals surface area contributed by atoms with Gasteiger partial charge in [0.2, 0.25) is 0 Å². The van der Waals surface area contributed by atoms with Crippen LogP contribution in [0.2, 0.25) is 0 Å². The molecule has 1 aliphatic rings. The fourth-order valence-corrected chi connectivity index (χ4v) is 2.83. The average molecular weight is 322 g/mol. The lowest BCUT2D eigenvalue weighted by Crippen LogP contribution is -2.40. The first-order chi connectivity index (χ1) is 11.6. The molecule has 5 heteroatoms. The Balaban J connectivity index is 1.70. The molecule has 24 heavy (non-hydrogen) atoms. The van der Waals surface area contributed by atoms with Crippen LogP contribution in [-0.2, 0) is 0 Å². The minimum Gasteiger partial charge on any atom is -0.337 e. The molecule has 0 atom stereocenters. The van der Waals surface area contributed by atoms with Gasteiger partial charge in [-0.05, 0) is 31.2 Å². The maximum atomic E-state index is 12.5.